The lowest BCUT2D eigenvalue weighted by Gasteiger charge is -2.05. The third-order valence-corrected chi connectivity index (χ3v) is 5.22. The Labute approximate surface area is 207 Å². The molecular formula is C31H30F2O2. The van der Waals surface area contributed by atoms with E-state index >= 15 is 0 Å². The van der Waals surface area contributed by atoms with Crippen molar-refractivity contribution in [2.45, 2.75) is 46.0 Å². The molecule has 0 atom stereocenters. The molecule has 0 amide bonds. The second-order valence-corrected chi connectivity index (χ2v) is 8.12. The molecule has 2 nitrogen and oxygen atoms in total. The van der Waals surface area contributed by atoms with Crippen LogP contribution in [0.15, 0.2) is 60.7 Å². The largest absolute Gasteiger partial charge is 0.494 e. The zero-order chi connectivity index (χ0) is 24.9. The normalized spacial score (nSPS) is 10.1. The molecule has 3 rings (SSSR count). The predicted octanol–water partition coefficient (Wildman–Crippen LogP) is 7.51. The monoisotopic (exact) mass is 472 g/mol. The molecule has 0 bridgehead atoms. The first-order valence-electron chi connectivity index (χ1n) is 12.1. The highest BCUT2D eigenvalue weighted by molar-refractivity contribution is 5.50. The Morgan fingerprint density at radius 1 is 0.571 bits per heavy atom. The third kappa shape index (κ3) is 8.51. The molecule has 0 aliphatic rings. The van der Waals surface area contributed by atoms with Crippen LogP contribution in [0.1, 0.15) is 68.2 Å². The summed E-state index contributed by atoms with van der Waals surface area (Å²) in [5.41, 5.74) is 1.36. The summed E-state index contributed by atoms with van der Waals surface area (Å²) in [6.45, 7) is 5.60. The molecule has 35 heavy (non-hydrogen) atoms. The molecule has 180 valence electrons. The van der Waals surface area contributed by atoms with Gasteiger partial charge in [0.25, 0.3) is 0 Å². The van der Waals surface area contributed by atoms with Crippen LogP contribution in [-0.2, 0) is 0 Å². The minimum Gasteiger partial charge on any atom is -0.494 e. The fourth-order valence-corrected chi connectivity index (χ4v) is 3.19. The number of unbranched alkanes of at least 4 members (excludes halogenated alkanes) is 3. The van der Waals surface area contributed by atoms with Crippen molar-refractivity contribution in [2.75, 3.05) is 13.2 Å². The first kappa shape index (κ1) is 25.9. The van der Waals surface area contributed by atoms with Crippen LogP contribution in [0.25, 0.3) is 0 Å². The van der Waals surface area contributed by atoms with E-state index in [9.17, 15) is 8.78 Å². The van der Waals surface area contributed by atoms with Gasteiger partial charge in [0.15, 0.2) is 0 Å². The van der Waals surface area contributed by atoms with Crippen molar-refractivity contribution in [1.82, 2.24) is 0 Å². The van der Waals surface area contributed by atoms with E-state index < -0.39 is 11.6 Å². The van der Waals surface area contributed by atoms with Gasteiger partial charge in [-0.2, -0.15) is 0 Å². The van der Waals surface area contributed by atoms with Crippen LogP contribution >= 0.6 is 0 Å². The Morgan fingerprint density at radius 2 is 1.03 bits per heavy atom. The number of benzene rings is 3. The molecule has 3 aromatic carbocycles. The van der Waals surface area contributed by atoms with Gasteiger partial charge in [0.1, 0.15) is 23.1 Å². The van der Waals surface area contributed by atoms with E-state index in [0.29, 0.717) is 18.8 Å². The quantitative estimate of drug-likeness (QED) is 0.237. The van der Waals surface area contributed by atoms with Crippen LogP contribution in [0.4, 0.5) is 8.78 Å². The Kier molecular flexibility index (Phi) is 10.2. The molecule has 0 aliphatic heterocycles. The van der Waals surface area contributed by atoms with Gasteiger partial charge in [0.2, 0.25) is 0 Å². The van der Waals surface area contributed by atoms with Gasteiger partial charge in [-0.05, 0) is 73.5 Å². The minimum absolute atomic E-state index is 0.249. The minimum atomic E-state index is -0.739. The molecule has 0 radical (unpaired) electrons. The summed E-state index contributed by atoms with van der Waals surface area (Å²) >= 11 is 0. The van der Waals surface area contributed by atoms with Crippen LogP contribution < -0.4 is 9.47 Å². The Balaban J connectivity index is 1.64. The SMILES string of the molecule is CCCCCOc1ccc(C#Cc2cc(F)c(C#Cc3ccc(OCCCC)cc3)c(F)c2)cc1. The number of hydrogen-bond donors (Lipinski definition) is 0. The second kappa shape index (κ2) is 13.8. The van der Waals surface area contributed by atoms with Crippen molar-refractivity contribution in [2.24, 2.45) is 0 Å². The average molecular weight is 473 g/mol. The summed E-state index contributed by atoms with van der Waals surface area (Å²) in [6, 6.07) is 16.9. The Morgan fingerprint density at radius 3 is 1.54 bits per heavy atom. The lowest BCUT2D eigenvalue weighted by atomic mass is 10.1. The highest BCUT2D eigenvalue weighted by atomic mass is 19.1. The third-order valence-electron chi connectivity index (χ3n) is 5.22. The number of rotatable bonds is 9. The summed E-state index contributed by atoms with van der Waals surface area (Å²) in [7, 11) is 0. The van der Waals surface area contributed by atoms with Crippen LogP contribution in [0, 0.1) is 35.3 Å². The van der Waals surface area contributed by atoms with Crippen molar-refractivity contribution < 1.29 is 18.3 Å². The van der Waals surface area contributed by atoms with Crippen LogP contribution in [0.3, 0.4) is 0 Å². The molecule has 3 aromatic rings. The summed E-state index contributed by atoms with van der Waals surface area (Å²) in [4.78, 5) is 0. The standard InChI is InChI=1S/C31H30F2O2/c1-3-5-7-21-35-28-15-10-24(11-16-28)8-9-26-22-30(32)29(31(33)23-26)19-14-25-12-17-27(18-13-25)34-20-6-4-2/h10-13,15-18,22-23H,3-7,20-21H2,1-2H3. The second-order valence-electron chi connectivity index (χ2n) is 8.12. The van der Waals surface area contributed by atoms with Crippen LogP contribution in [-0.4, -0.2) is 13.2 Å². The van der Waals surface area contributed by atoms with E-state index in [-0.39, 0.29) is 11.1 Å². The summed E-state index contributed by atoms with van der Waals surface area (Å²) in [5.74, 6) is 11.2. The lowest BCUT2D eigenvalue weighted by molar-refractivity contribution is 0.306. The number of hydrogen-bond acceptors (Lipinski definition) is 2. The first-order chi connectivity index (χ1) is 17.1. The smallest absolute Gasteiger partial charge is 0.143 e. The maximum atomic E-state index is 14.6. The van der Waals surface area contributed by atoms with Crippen molar-refractivity contribution in [3.63, 3.8) is 0 Å². The molecule has 4 heteroatoms. The summed E-state index contributed by atoms with van der Waals surface area (Å²) in [6.07, 6.45) is 5.36. The number of halogens is 2. The van der Waals surface area contributed by atoms with Gasteiger partial charge in [0, 0.05) is 16.7 Å². The van der Waals surface area contributed by atoms with Crippen molar-refractivity contribution in [3.8, 4) is 35.2 Å². The maximum absolute atomic E-state index is 14.6. The molecule has 0 aliphatic carbocycles. The summed E-state index contributed by atoms with van der Waals surface area (Å²) in [5, 5.41) is 0. The van der Waals surface area contributed by atoms with E-state index in [2.05, 4.69) is 37.5 Å². The average Bonchev–Trinajstić information content (AvgIpc) is 2.86. The molecule has 0 aromatic heterocycles. The van der Waals surface area contributed by atoms with Gasteiger partial charge in [-0.3, -0.25) is 0 Å². The number of ether oxygens (including phenoxy) is 2. The molecule has 0 saturated heterocycles. The lowest BCUT2D eigenvalue weighted by Crippen LogP contribution is -1.96. The molecule has 0 fully saturated rings. The molecule has 0 heterocycles. The van der Waals surface area contributed by atoms with E-state index in [1.807, 2.05) is 24.3 Å². The van der Waals surface area contributed by atoms with Gasteiger partial charge in [-0.15, -0.1) is 0 Å². The maximum Gasteiger partial charge on any atom is 0.143 e. The summed E-state index contributed by atoms with van der Waals surface area (Å²) < 4.78 is 40.4. The van der Waals surface area contributed by atoms with Crippen LogP contribution in [0.5, 0.6) is 11.5 Å². The van der Waals surface area contributed by atoms with E-state index in [4.69, 9.17) is 9.47 Å². The molecule has 0 unspecified atom stereocenters. The van der Waals surface area contributed by atoms with Crippen molar-refractivity contribution in [3.05, 3.63) is 94.6 Å². The van der Waals surface area contributed by atoms with Crippen LogP contribution in [0.2, 0.25) is 0 Å². The zero-order valence-electron chi connectivity index (χ0n) is 20.3. The highest BCUT2D eigenvalue weighted by Crippen LogP contribution is 2.17. The highest BCUT2D eigenvalue weighted by Gasteiger charge is 2.08. The van der Waals surface area contributed by atoms with Gasteiger partial charge >= 0.3 is 0 Å². The van der Waals surface area contributed by atoms with Gasteiger partial charge in [-0.1, -0.05) is 56.8 Å². The Hall–Kier alpha value is -3.76. The van der Waals surface area contributed by atoms with Gasteiger partial charge in [0.05, 0.1) is 18.8 Å². The van der Waals surface area contributed by atoms with E-state index in [0.717, 1.165) is 49.2 Å². The Bertz CT molecular complexity index is 1180. The molecule has 0 N–H and O–H groups in total. The first-order valence-corrected chi connectivity index (χ1v) is 12.1. The van der Waals surface area contributed by atoms with E-state index in [1.165, 1.54) is 12.1 Å². The van der Waals surface area contributed by atoms with Gasteiger partial charge in [-0.25, -0.2) is 8.78 Å². The predicted molar refractivity (Wildman–Crippen MR) is 137 cm³/mol. The van der Waals surface area contributed by atoms with Crippen molar-refractivity contribution in [1.29, 1.82) is 0 Å². The molecule has 0 spiro atoms. The van der Waals surface area contributed by atoms with Gasteiger partial charge < -0.3 is 9.47 Å². The molecule has 0 saturated carbocycles. The molecular weight excluding hydrogens is 442 g/mol. The van der Waals surface area contributed by atoms with Crippen molar-refractivity contribution >= 4 is 0 Å². The topological polar surface area (TPSA) is 18.5 Å². The fraction of sp³-hybridized carbons (Fsp3) is 0.290. The van der Waals surface area contributed by atoms with E-state index in [1.54, 1.807) is 24.3 Å². The fourth-order valence-electron chi connectivity index (χ4n) is 3.19. The zero-order valence-corrected chi connectivity index (χ0v) is 20.3.